The number of carbonyl (C=O) groups is 1. The zero-order valence-corrected chi connectivity index (χ0v) is 19.6. The van der Waals surface area contributed by atoms with Gasteiger partial charge in [-0.3, -0.25) is 14.7 Å². The fraction of sp³-hybridized carbons (Fsp3) is 0.609. The molecule has 9 heteroatoms. The Balaban J connectivity index is 1.29. The zero-order chi connectivity index (χ0) is 22.5. The van der Waals surface area contributed by atoms with Gasteiger partial charge in [0.2, 0.25) is 0 Å². The van der Waals surface area contributed by atoms with E-state index in [0.29, 0.717) is 27.7 Å². The summed E-state index contributed by atoms with van der Waals surface area (Å²) in [4.78, 5) is 26.6. The Morgan fingerprint density at radius 1 is 1.31 bits per heavy atom. The number of thiazole rings is 1. The smallest absolute Gasteiger partial charge is 0.265 e. The van der Waals surface area contributed by atoms with Gasteiger partial charge in [-0.05, 0) is 57.2 Å². The molecular weight excluding hydrogens is 429 g/mol. The number of hydrogen-bond acceptors (Lipinski definition) is 7. The third kappa shape index (κ3) is 5.44. The molecule has 0 saturated carbocycles. The van der Waals surface area contributed by atoms with Crippen molar-refractivity contribution in [1.29, 1.82) is 0 Å². The Morgan fingerprint density at radius 3 is 2.88 bits per heavy atom. The van der Waals surface area contributed by atoms with Gasteiger partial charge in [-0.1, -0.05) is 11.3 Å². The number of piperidine rings is 2. The molecule has 2 aromatic rings. The first-order valence-electron chi connectivity index (χ1n) is 11.4. The number of likely N-dealkylation sites (tertiary alicyclic amines) is 2. The van der Waals surface area contributed by atoms with Gasteiger partial charge in [0.1, 0.15) is 10.7 Å². The molecule has 0 aliphatic carbocycles. The van der Waals surface area contributed by atoms with Gasteiger partial charge in [0.05, 0.1) is 24.5 Å². The largest absolute Gasteiger partial charge is 0.384 e. The summed E-state index contributed by atoms with van der Waals surface area (Å²) in [5.74, 6) is 0.297. The predicted octanol–water partition coefficient (Wildman–Crippen LogP) is 3.81. The Kier molecular flexibility index (Phi) is 7.70. The van der Waals surface area contributed by atoms with Crippen molar-refractivity contribution in [3.8, 4) is 0 Å². The van der Waals surface area contributed by atoms with Crippen molar-refractivity contribution < 1.29 is 13.9 Å². The lowest BCUT2D eigenvalue weighted by atomic mass is 9.94. The van der Waals surface area contributed by atoms with Gasteiger partial charge in [0.15, 0.2) is 5.13 Å². The third-order valence-corrected chi connectivity index (χ3v) is 7.39. The Morgan fingerprint density at radius 2 is 2.12 bits per heavy atom. The quantitative estimate of drug-likeness (QED) is 0.676. The van der Waals surface area contributed by atoms with Crippen LogP contribution in [0.2, 0.25) is 0 Å². The van der Waals surface area contributed by atoms with Crippen LogP contribution in [0, 0.1) is 11.7 Å². The number of methoxy groups -OCH3 is 1. The van der Waals surface area contributed by atoms with Crippen LogP contribution < -0.4 is 5.32 Å². The van der Waals surface area contributed by atoms with Crippen LogP contribution in [-0.2, 0) is 4.74 Å². The van der Waals surface area contributed by atoms with E-state index in [4.69, 9.17) is 4.74 Å². The van der Waals surface area contributed by atoms with Gasteiger partial charge in [0.25, 0.3) is 5.91 Å². The van der Waals surface area contributed by atoms with Crippen LogP contribution in [0.5, 0.6) is 0 Å². The summed E-state index contributed by atoms with van der Waals surface area (Å²) < 4.78 is 19.3. The summed E-state index contributed by atoms with van der Waals surface area (Å²) in [6, 6.07) is 3.17. The molecule has 1 unspecified atom stereocenters. The minimum Gasteiger partial charge on any atom is -0.384 e. The molecule has 2 aliphatic heterocycles. The number of ether oxygens (including phenoxy) is 1. The lowest BCUT2D eigenvalue weighted by Gasteiger charge is -2.42. The summed E-state index contributed by atoms with van der Waals surface area (Å²) in [5.41, 5.74) is 0.336. The first kappa shape index (κ1) is 23.1. The van der Waals surface area contributed by atoms with E-state index >= 15 is 0 Å². The van der Waals surface area contributed by atoms with Crippen molar-refractivity contribution >= 4 is 22.4 Å². The van der Waals surface area contributed by atoms with E-state index < -0.39 is 0 Å². The molecule has 2 saturated heterocycles. The first-order valence-corrected chi connectivity index (χ1v) is 12.2. The molecule has 7 nitrogen and oxygen atoms in total. The lowest BCUT2D eigenvalue weighted by molar-refractivity contribution is 0.0392. The lowest BCUT2D eigenvalue weighted by Crippen LogP contribution is -2.50. The number of nitrogens with zero attached hydrogens (tertiary/aromatic N) is 4. The van der Waals surface area contributed by atoms with E-state index in [-0.39, 0.29) is 17.8 Å². The molecule has 1 amide bonds. The highest BCUT2D eigenvalue weighted by atomic mass is 32.1. The van der Waals surface area contributed by atoms with E-state index in [1.807, 2.05) is 11.8 Å². The molecule has 2 aliphatic rings. The molecule has 174 valence electrons. The van der Waals surface area contributed by atoms with E-state index in [1.165, 1.54) is 30.2 Å². The van der Waals surface area contributed by atoms with Crippen LogP contribution in [-0.4, -0.2) is 71.6 Å². The van der Waals surface area contributed by atoms with Crippen molar-refractivity contribution in [2.24, 2.45) is 5.92 Å². The topological polar surface area (TPSA) is 70.6 Å². The van der Waals surface area contributed by atoms with Crippen LogP contribution in [0.1, 0.15) is 54.0 Å². The molecule has 0 aromatic carbocycles. The van der Waals surface area contributed by atoms with E-state index in [1.54, 1.807) is 25.6 Å². The second kappa shape index (κ2) is 10.7. The van der Waals surface area contributed by atoms with Crippen molar-refractivity contribution in [3.05, 3.63) is 40.9 Å². The number of halogens is 1. The monoisotopic (exact) mass is 461 g/mol. The van der Waals surface area contributed by atoms with Crippen LogP contribution >= 0.6 is 11.3 Å². The molecule has 4 heterocycles. The predicted molar refractivity (Wildman–Crippen MR) is 123 cm³/mol. The summed E-state index contributed by atoms with van der Waals surface area (Å²) in [5, 5.41) is 3.75. The van der Waals surface area contributed by atoms with Crippen molar-refractivity contribution in [2.75, 3.05) is 45.2 Å². The van der Waals surface area contributed by atoms with Crippen molar-refractivity contribution in [1.82, 2.24) is 19.8 Å². The maximum Gasteiger partial charge on any atom is 0.265 e. The number of anilines is 1. The highest BCUT2D eigenvalue weighted by Gasteiger charge is 2.31. The number of hydrogen-bond donors (Lipinski definition) is 1. The molecular formula is C23H32FN5O2S. The average Bonchev–Trinajstić information content (AvgIpc) is 3.28. The SMILES string of the molecule is COCC1CCCN(C2CCN(C(=O)c3cnc(N[C@@H](C)c4ncccc4F)s3)CC2)C1. The van der Waals surface area contributed by atoms with Gasteiger partial charge in [-0.15, -0.1) is 0 Å². The summed E-state index contributed by atoms with van der Waals surface area (Å²) in [6.07, 6.45) is 7.66. The Bertz CT molecular complexity index is 900. The van der Waals surface area contributed by atoms with Gasteiger partial charge in [-0.25, -0.2) is 9.37 Å². The molecule has 4 rings (SSSR count). The van der Waals surface area contributed by atoms with Crippen LogP contribution in [0.25, 0.3) is 0 Å². The Labute approximate surface area is 193 Å². The van der Waals surface area contributed by atoms with E-state index in [0.717, 1.165) is 45.6 Å². The van der Waals surface area contributed by atoms with Crippen molar-refractivity contribution in [3.63, 3.8) is 0 Å². The second-order valence-corrected chi connectivity index (χ2v) is 9.78. The van der Waals surface area contributed by atoms with Gasteiger partial charge in [-0.2, -0.15) is 0 Å². The van der Waals surface area contributed by atoms with E-state index in [2.05, 4.69) is 20.2 Å². The minimum atomic E-state index is -0.356. The van der Waals surface area contributed by atoms with E-state index in [9.17, 15) is 9.18 Å². The highest BCUT2D eigenvalue weighted by Crippen LogP contribution is 2.28. The Hall–Kier alpha value is -2.10. The molecule has 2 aromatic heterocycles. The minimum absolute atomic E-state index is 0.0292. The van der Waals surface area contributed by atoms with Crippen LogP contribution in [0.15, 0.2) is 24.5 Å². The summed E-state index contributed by atoms with van der Waals surface area (Å²) >= 11 is 1.31. The highest BCUT2D eigenvalue weighted by molar-refractivity contribution is 7.17. The van der Waals surface area contributed by atoms with Gasteiger partial charge in [0, 0.05) is 39.0 Å². The fourth-order valence-corrected chi connectivity index (χ4v) is 5.67. The maximum absolute atomic E-state index is 14.0. The molecule has 0 bridgehead atoms. The van der Waals surface area contributed by atoms with Gasteiger partial charge < -0.3 is 15.0 Å². The normalized spacial score (nSPS) is 21.5. The van der Waals surface area contributed by atoms with Crippen LogP contribution in [0.3, 0.4) is 0 Å². The molecule has 0 spiro atoms. The molecule has 1 N–H and O–H groups in total. The second-order valence-electron chi connectivity index (χ2n) is 8.75. The standard InChI is InChI=1S/C23H32FN5O2S/c1-16(21-19(24)6-3-9-25-21)27-23-26-13-20(32-23)22(30)28-11-7-18(8-12-28)29-10-4-5-17(14-29)15-31-2/h3,6,9,13,16-18H,4-5,7-8,10-12,14-15H2,1-2H3,(H,26,27)/t16-,17?/m0/s1. The number of carbonyl (C=O) groups excluding carboxylic acids is 1. The number of pyridine rings is 1. The fourth-order valence-electron chi connectivity index (χ4n) is 4.80. The maximum atomic E-state index is 14.0. The van der Waals surface area contributed by atoms with Gasteiger partial charge >= 0.3 is 0 Å². The first-order chi connectivity index (χ1) is 15.5. The summed E-state index contributed by atoms with van der Waals surface area (Å²) in [6.45, 7) is 6.46. The molecule has 0 radical (unpaired) electrons. The van der Waals surface area contributed by atoms with Crippen LogP contribution in [0.4, 0.5) is 9.52 Å². The number of aromatic nitrogens is 2. The molecule has 32 heavy (non-hydrogen) atoms. The average molecular weight is 462 g/mol. The molecule has 2 fully saturated rings. The number of nitrogens with one attached hydrogen (secondary N) is 1. The third-order valence-electron chi connectivity index (χ3n) is 6.47. The number of rotatable bonds is 7. The van der Waals surface area contributed by atoms with Crippen molar-refractivity contribution in [2.45, 2.75) is 44.7 Å². The summed E-state index contributed by atoms with van der Waals surface area (Å²) in [7, 11) is 1.78. The zero-order valence-electron chi connectivity index (χ0n) is 18.8. The molecule has 2 atom stereocenters. The number of amides is 1.